The van der Waals surface area contributed by atoms with Crippen molar-refractivity contribution in [2.75, 3.05) is 11.0 Å². The van der Waals surface area contributed by atoms with Crippen molar-refractivity contribution in [2.24, 2.45) is 0 Å². The van der Waals surface area contributed by atoms with E-state index in [-0.39, 0.29) is 5.75 Å². The predicted octanol–water partition coefficient (Wildman–Crippen LogP) is 5.54. The minimum Gasteiger partial charge on any atom is -0.406 e. The Bertz CT molecular complexity index is 1140. The summed E-state index contributed by atoms with van der Waals surface area (Å²) in [4.78, 5) is 3.16. The van der Waals surface area contributed by atoms with Crippen LogP contribution in [0, 0.1) is 0 Å². The molecule has 0 aliphatic carbocycles. The lowest BCUT2D eigenvalue weighted by atomic mass is 9.73. The van der Waals surface area contributed by atoms with E-state index in [4.69, 9.17) is 0 Å². The van der Waals surface area contributed by atoms with Gasteiger partial charge in [0.2, 0.25) is 10.0 Å². The summed E-state index contributed by atoms with van der Waals surface area (Å²) >= 11 is 0. The minimum absolute atomic E-state index is 0.274. The Balaban J connectivity index is 2.08. The maximum absolute atomic E-state index is 12.5. The Labute approximate surface area is 173 Å². The molecule has 0 bridgehead atoms. The second kappa shape index (κ2) is 7.86. The second-order valence-electron chi connectivity index (χ2n) is 7.46. The van der Waals surface area contributed by atoms with E-state index in [1.807, 2.05) is 26.1 Å². The number of para-hydroxylation sites is 1. The fraction of sp³-hybridized carbons (Fsp3) is 0.333. The number of alkyl halides is 3. The summed E-state index contributed by atoms with van der Waals surface area (Å²) in [6.07, 6.45) is -0.252. The van der Waals surface area contributed by atoms with Gasteiger partial charge in [0, 0.05) is 17.0 Å². The molecule has 0 aliphatic rings. The van der Waals surface area contributed by atoms with Gasteiger partial charge < -0.3 is 9.72 Å². The maximum atomic E-state index is 12.5. The zero-order valence-corrected chi connectivity index (χ0v) is 17.6. The minimum atomic E-state index is -4.74. The van der Waals surface area contributed by atoms with E-state index in [1.165, 1.54) is 12.1 Å². The van der Waals surface area contributed by atoms with Crippen molar-refractivity contribution in [1.82, 2.24) is 4.98 Å². The first kappa shape index (κ1) is 22.0. The highest BCUT2D eigenvalue weighted by molar-refractivity contribution is 7.92. The van der Waals surface area contributed by atoms with Crippen LogP contribution in [0.15, 0.2) is 48.7 Å². The van der Waals surface area contributed by atoms with Crippen LogP contribution in [0.1, 0.15) is 37.8 Å². The maximum Gasteiger partial charge on any atom is 0.573 e. The molecule has 1 heterocycles. The molecule has 30 heavy (non-hydrogen) atoms. The largest absolute Gasteiger partial charge is 0.573 e. The zero-order chi connectivity index (χ0) is 22.2. The number of aromatic amines is 1. The molecule has 0 fully saturated rings. The van der Waals surface area contributed by atoms with Gasteiger partial charge in [0.05, 0.1) is 17.5 Å². The fourth-order valence-electron chi connectivity index (χ4n) is 3.85. The average Bonchev–Trinajstić information content (AvgIpc) is 3.05. The molecule has 9 heteroatoms. The highest BCUT2D eigenvalue weighted by Gasteiger charge is 2.33. The standard InChI is InChI=1S/C21H23F3N2O3S/c1-4-12-20(2,14-8-10-15(11-9-14)29-21(22,23)24)17-13-25-19-16(17)6-5-7-18(19)26-30(3,27)28/h5-11,13,25-26H,4,12H2,1-3H3. The first-order valence-corrected chi connectivity index (χ1v) is 11.3. The Kier molecular flexibility index (Phi) is 5.77. The number of anilines is 1. The quantitative estimate of drug-likeness (QED) is 0.506. The van der Waals surface area contributed by atoms with Gasteiger partial charge in [-0.15, -0.1) is 13.2 Å². The normalized spacial score (nSPS) is 14.5. The molecule has 2 aromatic carbocycles. The fourth-order valence-corrected chi connectivity index (χ4v) is 4.42. The third kappa shape index (κ3) is 4.72. The molecule has 0 amide bonds. The van der Waals surface area contributed by atoms with Gasteiger partial charge in [-0.25, -0.2) is 8.42 Å². The van der Waals surface area contributed by atoms with Crippen molar-refractivity contribution in [1.29, 1.82) is 0 Å². The van der Waals surface area contributed by atoms with Crippen LogP contribution >= 0.6 is 0 Å². The highest BCUT2D eigenvalue weighted by Crippen LogP contribution is 2.42. The number of rotatable bonds is 7. The molecular formula is C21H23F3N2O3S. The van der Waals surface area contributed by atoms with Crippen LogP contribution in [0.5, 0.6) is 5.75 Å². The van der Waals surface area contributed by atoms with Crippen LogP contribution in [0.2, 0.25) is 0 Å². The van der Waals surface area contributed by atoms with Gasteiger partial charge >= 0.3 is 6.36 Å². The summed E-state index contributed by atoms with van der Waals surface area (Å²) in [6.45, 7) is 4.06. The van der Waals surface area contributed by atoms with Crippen molar-refractivity contribution in [3.05, 3.63) is 59.8 Å². The van der Waals surface area contributed by atoms with Gasteiger partial charge in [-0.3, -0.25) is 4.72 Å². The molecular weight excluding hydrogens is 417 g/mol. The summed E-state index contributed by atoms with van der Waals surface area (Å²) in [5.74, 6) is -0.274. The van der Waals surface area contributed by atoms with E-state index in [2.05, 4.69) is 14.4 Å². The van der Waals surface area contributed by atoms with Crippen molar-refractivity contribution >= 4 is 26.6 Å². The van der Waals surface area contributed by atoms with Crippen LogP contribution in [-0.2, 0) is 15.4 Å². The highest BCUT2D eigenvalue weighted by atomic mass is 32.2. The first-order chi connectivity index (χ1) is 13.9. The van der Waals surface area contributed by atoms with Crippen molar-refractivity contribution in [2.45, 2.75) is 38.5 Å². The first-order valence-electron chi connectivity index (χ1n) is 9.37. The monoisotopic (exact) mass is 440 g/mol. The third-order valence-electron chi connectivity index (χ3n) is 5.08. The number of fused-ring (bicyclic) bond motifs is 1. The van der Waals surface area contributed by atoms with Gasteiger partial charge in [-0.2, -0.15) is 0 Å². The average molecular weight is 440 g/mol. The van der Waals surface area contributed by atoms with Gasteiger partial charge in [-0.05, 0) is 35.7 Å². The second-order valence-corrected chi connectivity index (χ2v) is 9.21. The Morgan fingerprint density at radius 1 is 1.10 bits per heavy atom. The molecule has 162 valence electrons. The summed E-state index contributed by atoms with van der Waals surface area (Å²) < 4.78 is 67.3. The van der Waals surface area contributed by atoms with Crippen molar-refractivity contribution in [3.63, 3.8) is 0 Å². The number of hydrogen-bond donors (Lipinski definition) is 2. The molecule has 1 aromatic heterocycles. The van der Waals surface area contributed by atoms with Crippen LogP contribution < -0.4 is 9.46 Å². The Morgan fingerprint density at radius 2 is 1.77 bits per heavy atom. The lowest BCUT2D eigenvalue weighted by molar-refractivity contribution is -0.274. The van der Waals surface area contributed by atoms with Gasteiger partial charge in [0.1, 0.15) is 5.75 Å². The van der Waals surface area contributed by atoms with Gasteiger partial charge in [0.15, 0.2) is 0 Å². The molecule has 0 spiro atoms. The third-order valence-corrected chi connectivity index (χ3v) is 5.67. The number of benzene rings is 2. The number of halogens is 3. The number of sulfonamides is 1. The molecule has 2 N–H and O–H groups in total. The number of H-pyrrole nitrogens is 1. The number of aromatic nitrogens is 1. The molecule has 0 aliphatic heterocycles. The Hall–Kier alpha value is -2.68. The van der Waals surface area contributed by atoms with E-state index in [1.54, 1.807) is 24.3 Å². The topological polar surface area (TPSA) is 71.2 Å². The van der Waals surface area contributed by atoms with Gasteiger partial charge in [0.25, 0.3) is 0 Å². The molecule has 1 unspecified atom stereocenters. The van der Waals surface area contributed by atoms with E-state index >= 15 is 0 Å². The summed E-state index contributed by atoms with van der Waals surface area (Å²) in [5, 5.41) is 0.843. The Morgan fingerprint density at radius 3 is 2.33 bits per heavy atom. The predicted molar refractivity (Wildman–Crippen MR) is 111 cm³/mol. The van der Waals surface area contributed by atoms with E-state index < -0.39 is 21.8 Å². The summed E-state index contributed by atoms with van der Waals surface area (Å²) in [6, 6.07) is 11.2. The van der Waals surface area contributed by atoms with Crippen molar-refractivity contribution in [3.8, 4) is 5.75 Å². The molecule has 0 saturated heterocycles. The van der Waals surface area contributed by atoms with Crippen LogP contribution in [0.4, 0.5) is 18.9 Å². The van der Waals surface area contributed by atoms with Gasteiger partial charge in [-0.1, -0.05) is 44.5 Å². The van der Waals surface area contributed by atoms with E-state index in [9.17, 15) is 21.6 Å². The smallest absolute Gasteiger partial charge is 0.406 e. The van der Waals surface area contributed by atoms with Crippen LogP contribution in [0.3, 0.4) is 0 Å². The van der Waals surface area contributed by atoms with Crippen molar-refractivity contribution < 1.29 is 26.3 Å². The number of nitrogens with one attached hydrogen (secondary N) is 2. The molecule has 5 nitrogen and oxygen atoms in total. The molecule has 1 atom stereocenters. The summed E-state index contributed by atoms with van der Waals surface area (Å²) in [7, 11) is -3.45. The molecule has 0 saturated carbocycles. The SMILES string of the molecule is CCCC(C)(c1ccc(OC(F)(F)F)cc1)c1c[nH]c2c(NS(C)(=O)=O)cccc12. The lowest BCUT2D eigenvalue weighted by Gasteiger charge is -2.30. The van der Waals surface area contributed by atoms with E-state index in [0.29, 0.717) is 11.2 Å². The lowest BCUT2D eigenvalue weighted by Crippen LogP contribution is -2.23. The molecule has 0 radical (unpaired) electrons. The molecule has 3 aromatic rings. The van der Waals surface area contributed by atoms with E-state index in [0.717, 1.165) is 35.6 Å². The summed E-state index contributed by atoms with van der Waals surface area (Å²) in [5.41, 5.74) is 2.35. The van der Waals surface area contributed by atoms with Crippen LogP contribution in [-0.4, -0.2) is 26.0 Å². The van der Waals surface area contributed by atoms with Crippen LogP contribution in [0.25, 0.3) is 10.9 Å². The number of ether oxygens (including phenoxy) is 1. The molecule has 3 rings (SSSR count). The number of hydrogen-bond acceptors (Lipinski definition) is 3. The zero-order valence-electron chi connectivity index (χ0n) is 16.8.